The van der Waals surface area contributed by atoms with Crippen molar-refractivity contribution in [3.8, 4) is 0 Å². The Balaban J connectivity index is 1.71. The van der Waals surface area contributed by atoms with Crippen LogP contribution in [0.2, 0.25) is 0 Å². The average Bonchev–Trinajstić information content (AvgIpc) is 2.29. The molecule has 0 amide bonds. The Morgan fingerprint density at radius 3 is 2.56 bits per heavy atom. The Kier molecular flexibility index (Phi) is 2.52. The summed E-state index contributed by atoms with van der Waals surface area (Å²) in [6, 6.07) is 7.94. The Bertz CT molecular complexity index is 385. The van der Waals surface area contributed by atoms with E-state index in [4.69, 9.17) is 0 Å². The third-order valence-electron chi connectivity index (χ3n) is 3.94. The molecule has 0 atom stereocenters. The second-order valence-corrected chi connectivity index (χ2v) is 5.21. The predicted octanol–water partition coefficient (Wildman–Crippen LogP) is 2.34. The molecule has 84 valence electrons. The van der Waals surface area contributed by atoms with Gasteiger partial charge in [0.1, 0.15) is 6.29 Å². The topological polar surface area (TPSA) is 20.3 Å². The molecule has 2 aliphatic heterocycles. The van der Waals surface area contributed by atoms with Crippen molar-refractivity contribution in [2.24, 2.45) is 11.8 Å². The zero-order valence-corrected chi connectivity index (χ0v) is 9.43. The van der Waals surface area contributed by atoms with Gasteiger partial charge in [-0.3, -0.25) is 9.69 Å². The van der Waals surface area contributed by atoms with E-state index in [2.05, 4.69) is 11.0 Å². The van der Waals surface area contributed by atoms with Gasteiger partial charge in [-0.2, -0.15) is 0 Å². The van der Waals surface area contributed by atoms with Crippen molar-refractivity contribution < 1.29 is 4.79 Å². The standard InChI is InChI=1S/C14H17NO/c16-10-14-4-2-1-3-13(14)9-15-7-11-5-12(6-11)8-15/h1-4,10-12H,5-9H2. The highest BCUT2D eigenvalue weighted by molar-refractivity contribution is 5.77. The van der Waals surface area contributed by atoms with Gasteiger partial charge in [0.15, 0.2) is 0 Å². The molecule has 0 unspecified atom stereocenters. The number of hydrogen-bond donors (Lipinski definition) is 0. The van der Waals surface area contributed by atoms with Gasteiger partial charge < -0.3 is 0 Å². The fourth-order valence-corrected chi connectivity index (χ4v) is 3.14. The number of aldehydes is 1. The fraction of sp³-hybridized carbons (Fsp3) is 0.500. The molecule has 3 fully saturated rings. The SMILES string of the molecule is O=Cc1ccccc1CN1CC2CC(C2)C1. The average molecular weight is 215 g/mol. The van der Waals surface area contributed by atoms with Crippen molar-refractivity contribution in [1.29, 1.82) is 0 Å². The van der Waals surface area contributed by atoms with Crippen LogP contribution in [-0.4, -0.2) is 24.3 Å². The summed E-state index contributed by atoms with van der Waals surface area (Å²) in [5.41, 5.74) is 2.03. The Morgan fingerprint density at radius 1 is 1.19 bits per heavy atom. The molecule has 0 radical (unpaired) electrons. The van der Waals surface area contributed by atoms with Gasteiger partial charge in [-0.25, -0.2) is 0 Å². The number of hydrogen-bond acceptors (Lipinski definition) is 2. The van der Waals surface area contributed by atoms with Crippen LogP contribution < -0.4 is 0 Å². The van der Waals surface area contributed by atoms with Crippen molar-refractivity contribution in [3.05, 3.63) is 35.4 Å². The van der Waals surface area contributed by atoms with E-state index in [-0.39, 0.29) is 0 Å². The Hall–Kier alpha value is -1.15. The first-order valence-electron chi connectivity index (χ1n) is 6.10. The molecule has 2 saturated heterocycles. The first kappa shape index (κ1) is 10.0. The number of carbonyl (C=O) groups is 1. The minimum absolute atomic E-state index is 0.849. The van der Waals surface area contributed by atoms with E-state index in [1.807, 2.05) is 18.2 Å². The second kappa shape index (κ2) is 4.02. The molecule has 0 aromatic heterocycles. The van der Waals surface area contributed by atoms with Crippen LogP contribution in [0.1, 0.15) is 28.8 Å². The molecular weight excluding hydrogens is 198 g/mol. The van der Waals surface area contributed by atoms with Crippen molar-refractivity contribution in [2.75, 3.05) is 13.1 Å². The molecule has 1 aromatic carbocycles. The third-order valence-corrected chi connectivity index (χ3v) is 3.94. The third kappa shape index (κ3) is 1.78. The van der Waals surface area contributed by atoms with E-state index in [0.717, 1.165) is 30.2 Å². The van der Waals surface area contributed by atoms with Crippen LogP contribution in [0.4, 0.5) is 0 Å². The number of carbonyl (C=O) groups excluding carboxylic acids is 1. The van der Waals surface area contributed by atoms with Crippen molar-refractivity contribution >= 4 is 6.29 Å². The van der Waals surface area contributed by atoms with Crippen molar-refractivity contribution in [3.63, 3.8) is 0 Å². The van der Waals surface area contributed by atoms with E-state index in [9.17, 15) is 4.79 Å². The van der Waals surface area contributed by atoms with E-state index >= 15 is 0 Å². The van der Waals surface area contributed by atoms with Crippen LogP contribution in [0.3, 0.4) is 0 Å². The maximum Gasteiger partial charge on any atom is 0.150 e. The monoisotopic (exact) mass is 215 g/mol. The molecular formula is C14H17NO. The molecule has 16 heavy (non-hydrogen) atoms. The zero-order chi connectivity index (χ0) is 11.0. The number of rotatable bonds is 3. The van der Waals surface area contributed by atoms with Crippen LogP contribution in [0.5, 0.6) is 0 Å². The summed E-state index contributed by atoms with van der Waals surface area (Å²) in [5, 5.41) is 0. The fourth-order valence-electron chi connectivity index (χ4n) is 3.14. The van der Waals surface area contributed by atoms with Gasteiger partial charge in [0, 0.05) is 25.2 Å². The van der Waals surface area contributed by atoms with Gasteiger partial charge >= 0.3 is 0 Å². The van der Waals surface area contributed by atoms with E-state index in [1.165, 1.54) is 31.5 Å². The number of piperidine rings is 2. The molecule has 2 bridgehead atoms. The summed E-state index contributed by atoms with van der Waals surface area (Å²) in [7, 11) is 0. The minimum Gasteiger partial charge on any atom is -0.299 e. The van der Waals surface area contributed by atoms with Gasteiger partial charge in [-0.15, -0.1) is 0 Å². The molecule has 2 heterocycles. The van der Waals surface area contributed by atoms with Gasteiger partial charge in [-0.05, 0) is 30.2 Å². The molecule has 2 heteroatoms. The lowest BCUT2D eigenvalue weighted by Crippen LogP contribution is -2.48. The smallest absolute Gasteiger partial charge is 0.150 e. The molecule has 0 N–H and O–H groups in total. The molecule has 2 nitrogen and oxygen atoms in total. The number of fused-ring (bicyclic) bond motifs is 2. The lowest BCUT2D eigenvalue weighted by molar-refractivity contribution is 0.0227. The van der Waals surface area contributed by atoms with Crippen LogP contribution in [0, 0.1) is 11.8 Å². The largest absolute Gasteiger partial charge is 0.299 e. The lowest BCUT2D eigenvalue weighted by atomic mass is 9.71. The zero-order valence-electron chi connectivity index (χ0n) is 9.43. The summed E-state index contributed by atoms with van der Waals surface area (Å²) >= 11 is 0. The molecule has 1 aliphatic carbocycles. The summed E-state index contributed by atoms with van der Waals surface area (Å²) in [5.74, 6) is 1.87. The highest BCUT2D eigenvalue weighted by Gasteiger charge is 2.36. The summed E-state index contributed by atoms with van der Waals surface area (Å²) < 4.78 is 0. The van der Waals surface area contributed by atoms with Crippen LogP contribution >= 0.6 is 0 Å². The maximum absolute atomic E-state index is 10.9. The lowest BCUT2D eigenvalue weighted by Gasteiger charge is -2.47. The molecule has 0 spiro atoms. The molecule has 1 saturated carbocycles. The second-order valence-electron chi connectivity index (χ2n) is 5.21. The predicted molar refractivity (Wildman–Crippen MR) is 63.3 cm³/mol. The van der Waals surface area contributed by atoms with Crippen molar-refractivity contribution in [1.82, 2.24) is 4.90 Å². The first-order chi connectivity index (χ1) is 7.85. The highest BCUT2D eigenvalue weighted by atomic mass is 16.1. The molecule has 1 aromatic rings. The molecule has 3 aliphatic rings. The van der Waals surface area contributed by atoms with Crippen LogP contribution in [-0.2, 0) is 6.54 Å². The maximum atomic E-state index is 10.9. The van der Waals surface area contributed by atoms with Gasteiger partial charge in [-0.1, -0.05) is 24.3 Å². The Morgan fingerprint density at radius 2 is 1.88 bits per heavy atom. The minimum atomic E-state index is 0.849. The van der Waals surface area contributed by atoms with E-state index < -0.39 is 0 Å². The van der Waals surface area contributed by atoms with E-state index in [1.54, 1.807) is 0 Å². The summed E-state index contributed by atoms with van der Waals surface area (Å²) in [6.45, 7) is 3.40. The highest BCUT2D eigenvalue weighted by Crippen LogP contribution is 2.39. The van der Waals surface area contributed by atoms with Gasteiger partial charge in [0.25, 0.3) is 0 Å². The van der Waals surface area contributed by atoms with Gasteiger partial charge in [0.05, 0.1) is 0 Å². The molecule has 4 rings (SSSR count). The first-order valence-corrected chi connectivity index (χ1v) is 6.10. The quantitative estimate of drug-likeness (QED) is 0.721. The summed E-state index contributed by atoms with van der Waals surface area (Å²) in [6.07, 6.45) is 3.84. The van der Waals surface area contributed by atoms with Crippen LogP contribution in [0.25, 0.3) is 0 Å². The number of nitrogens with zero attached hydrogens (tertiary/aromatic N) is 1. The normalized spacial score (nSPS) is 28.5. The van der Waals surface area contributed by atoms with Crippen LogP contribution in [0.15, 0.2) is 24.3 Å². The van der Waals surface area contributed by atoms with Crippen molar-refractivity contribution in [2.45, 2.75) is 19.4 Å². The van der Waals surface area contributed by atoms with Gasteiger partial charge in [0.2, 0.25) is 0 Å². The Labute approximate surface area is 96.3 Å². The number of benzene rings is 1. The summed E-state index contributed by atoms with van der Waals surface area (Å²) in [4.78, 5) is 13.4. The van der Waals surface area contributed by atoms with E-state index in [0.29, 0.717) is 0 Å².